The van der Waals surface area contributed by atoms with Gasteiger partial charge in [0.25, 0.3) is 21.5 Å². The van der Waals surface area contributed by atoms with Gasteiger partial charge >= 0.3 is 0 Å². The lowest BCUT2D eigenvalue weighted by Gasteiger charge is -2.01. The Labute approximate surface area is 188 Å². The Morgan fingerprint density at radius 3 is 1.62 bits per heavy atom. The standard InChI is InChI=1S/C18H12N6O9S/c25-17-14(21-19-10-1-5-12(6-2-10)23(27)28)9-15(34(31,32)33)18(26)16(17)22-20-11-3-7-13(8-4-11)24(29)30/h1-9,19-20H,(H,31,32,33)/b21-14-,22-16-. The zero-order valence-electron chi connectivity index (χ0n) is 16.6. The number of nitrogens with zero attached hydrogens (tertiary/aromatic N) is 4. The molecule has 15 nitrogen and oxygen atoms in total. The second-order valence-electron chi connectivity index (χ2n) is 6.43. The number of anilines is 2. The number of non-ortho nitro benzene ring substituents is 2. The maximum Gasteiger partial charge on any atom is 0.298 e. The Morgan fingerprint density at radius 2 is 1.21 bits per heavy atom. The number of nitro benzene ring substituents is 2. The molecule has 0 heterocycles. The number of nitro groups is 2. The van der Waals surface area contributed by atoms with Crippen LogP contribution in [0.25, 0.3) is 0 Å². The highest BCUT2D eigenvalue weighted by molar-refractivity contribution is 7.85. The van der Waals surface area contributed by atoms with E-state index in [9.17, 15) is 42.8 Å². The lowest BCUT2D eigenvalue weighted by Crippen LogP contribution is -2.50. The summed E-state index contributed by atoms with van der Waals surface area (Å²) in [4.78, 5) is 44.1. The Hall–Kier alpha value is -4.83. The molecular weight excluding hydrogens is 476 g/mol. The van der Waals surface area contributed by atoms with Crippen LogP contribution < -0.4 is 32.4 Å². The largest absolute Gasteiger partial charge is 0.298 e. The lowest BCUT2D eigenvalue weighted by atomic mass is 10.3. The van der Waals surface area contributed by atoms with E-state index in [2.05, 4.69) is 21.1 Å². The highest BCUT2D eigenvalue weighted by Gasteiger charge is 2.19. The lowest BCUT2D eigenvalue weighted by molar-refractivity contribution is -0.385. The van der Waals surface area contributed by atoms with Crippen molar-refractivity contribution < 1.29 is 22.8 Å². The zero-order valence-corrected chi connectivity index (χ0v) is 17.4. The third-order valence-corrected chi connectivity index (χ3v) is 5.05. The third-order valence-electron chi connectivity index (χ3n) is 4.19. The van der Waals surface area contributed by atoms with Gasteiger partial charge in [0.1, 0.15) is 10.3 Å². The van der Waals surface area contributed by atoms with Gasteiger partial charge in [-0.1, -0.05) is 0 Å². The van der Waals surface area contributed by atoms with Crippen molar-refractivity contribution in [3.8, 4) is 0 Å². The van der Waals surface area contributed by atoms with Gasteiger partial charge in [-0.15, -0.1) is 0 Å². The van der Waals surface area contributed by atoms with Crippen LogP contribution in [-0.4, -0.2) is 22.8 Å². The molecule has 16 heteroatoms. The first-order valence-corrected chi connectivity index (χ1v) is 10.4. The molecule has 3 N–H and O–H groups in total. The average molecular weight is 488 g/mol. The molecule has 3 aromatic rings. The van der Waals surface area contributed by atoms with Crippen molar-refractivity contribution in [3.63, 3.8) is 0 Å². The molecule has 0 spiro atoms. The molecule has 34 heavy (non-hydrogen) atoms. The molecule has 174 valence electrons. The molecule has 3 aromatic carbocycles. The average Bonchev–Trinajstić information content (AvgIpc) is 2.78. The predicted octanol–water partition coefficient (Wildman–Crippen LogP) is 0.201. The molecule has 0 amide bonds. The highest BCUT2D eigenvalue weighted by atomic mass is 32.2. The summed E-state index contributed by atoms with van der Waals surface area (Å²) in [6, 6.07) is 10.1. The minimum atomic E-state index is -5.07. The molecule has 0 aliphatic carbocycles. The van der Waals surface area contributed by atoms with E-state index in [1.807, 2.05) is 0 Å². The molecule has 3 rings (SSSR count). The van der Waals surface area contributed by atoms with E-state index in [1.54, 1.807) is 0 Å². The van der Waals surface area contributed by atoms with Gasteiger partial charge < -0.3 is 0 Å². The summed E-state index contributed by atoms with van der Waals surface area (Å²) < 4.78 is 32.6. The normalized spacial score (nSPS) is 12.4. The number of nitrogens with one attached hydrogen (secondary N) is 2. The van der Waals surface area contributed by atoms with Gasteiger partial charge in [0, 0.05) is 24.3 Å². The molecule has 0 aromatic heterocycles. The summed E-state index contributed by atoms with van der Waals surface area (Å²) in [6.45, 7) is 0. The molecule has 0 aliphatic heterocycles. The zero-order chi connectivity index (χ0) is 25.0. The molecule has 0 fully saturated rings. The minimum Gasteiger partial charge on any atom is -0.286 e. The minimum absolute atomic E-state index is 0.129. The molecule has 0 saturated heterocycles. The second kappa shape index (κ2) is 9.35. The van der Waals surface area contributed by atoms with Crippen LogP contribution in [0.5, 0.6) is 0 Å². The maximum absolute atomic E-state index is 12.7. The summed E-state index contributed by atoms with van der Waals surface area (Å²) in [7, 11) is -5.07. The number of hydrogen-bond acceptors (Lipinski definition) is 12. The predicted molar refractivity (Wildman–Crippen MR) is 116 cm³/mol. The van der Waals surface area contributed by atoms with Crippen LogP contribution in [-0.2, 0) is 10.1 Å². The van der Waals surface area contributed by atoms with Crippen molar-refractivity contribution in [2.24, 2.45) is 10.2 Å². The summed E-state index contributed by atoms with van der Waals surface area (Å²) in [6.07, 6.45) is 0. The molecule has 0 aliphatic rings. The number of benzene rings is 3. The molecule has 0 bridgehead atoms. The first kappa shape index (κ1) is 23.8. The quantitative estimate of drug-likeness (QED) is 0.231. The van der Waals surface area contributed by atoms with Crippen LogP contribution in [0.2, 0.25) is 0 Å². The highest BCUT2D eigenvalue weighted by Crippen LogP contribution is 2.15. The molecule has 0 unspecified atom stereocenters. The molecular formula is C18H12N6O9S. The van der Waals surface area contributed by atoms with Crippen LogP contribution in [0, 0.1) is 20.2 Å². The number of hydrogen-bond donors (Lipinski definition) is 3. The van der Waals surface area contributed by atoms with Crippen LogP contribution in [0.3, 0.4) is 0 Å². The van der Waals surface area contributed by atoms with Gasteiger partial charge in [-0.25, -0.2) is 0 Å². The van der Waals surface area contributed by atoms with Crippen molar-refractivity contribution >= 4 is 32.9 Å². The smallest absolute Gasteiger partial charge is 0.286 e. The van der Waals surface area contributed by atoms with Gasteiger partial charge in [0.2, 0.25) is 10.9 Å². The van der Waals surface area contributed by atoms with Gasteiger partial charge in [-0.3, -0.25) is 45.2 Å². The topological polar surface area (TPSA) is 224 Å². The first-order chi connectivity index (χ1) is 16.0. The number of rotatable bonds is 7. The van der Waals surface area contributed by atoms with E-state index >= 15 is 0 Å². The van der Waals surface area contributed by atoms with E-state index in [0.29, 0.717) is 6.07 Å². The van der Waals surface area contributed by atoms with Crippen molar-refractivity contribution in [2.75, 3.05) is 10.9 Å². The fraction of sp³-hybridized carbons (Fsp3) is 0. The summed E-state index contributed by atoms with van der Waals surface area (Å²) >= 11 is 0. The van der Waals surface area contributed by atoms with Gasteiger partial charge in [0.15, 0.2) is 5.36 Å². The Kier molecular flexibility index (Phi) is 6.55. The van der Waals surface area contributed by atoms with Gasteiger partial charge in [-0.2, -0.15) is 18.6 Å². The second-order valence-corrected chi connectivity index (χ2v) is 7.82. The molecule has 0 saturated carbocycles. The van der Waals surface area contributed by atoms with Crippen molar-refractivity contribution in [1.29, 1.82) is 0 Å². The maximum atomic E-state index is 12.7. The van der Waals surface area contributed by atoms with Crippen molar-refractivity contribution in [3.05, 3.63) is 106 Å². The van der Waals surface area contributed by atoms with Crippen molar-refractivity contribution in [2.45, 2.75) is 4.90 Å². The van der Waals surface area contributed by atoms with E-state index in [-0.39, 0.29) is 22.7 Å². The van der Waals surface area contributed by atoms with Crippen LogP contribution in [0.15, 0.2) is 79.3 Å². The fourth-order valence-corrected chi connectivity index (χ4v) is 3.12. The first-order valence-electron chi connectivity index (χ1n) is 8.92. The third kappa shape index (κ3) is 5.31. The van der Waals surface area contributed by atoms with Crippen molar-refractivity contribution in [1.82, 2.24) is 0 Å². The van der Waals surface area contributed by atoms with Gasteiger partial charge in [-0.05, 0) is 30.3 Å². The van der Waals surface area contributed by atoms with E-state index < -0.39 is 46.4 Å². The Balaban J connectivity index is 2.08. The van der Waals surface area contributed by atoms with Crippen LogP contribution in [0.1, 0.15) is 0 Å². The monoisotopic (exact) mass is 488 g/mol. The van der Waals surface area contributed by atoms with Crippen LogP contribution >= 0.6 is 0 Å². The SMILES string of the molecule is O=c1c(S(=O)(=O)O)c/c(=N/Nc2ccc([N+](=O)[O-])cc2)c(=O)/c1=N/Nc1ccc([N+](=O)[O-])cc1. The summed E-state index contributed by atoms with van der Waals surface area (Å²) in [5, 5.41) is 27.2. The van der Waals surface area contributed by atoms with Crippen LogP contribution in [0.4, 0.5) is 22.7 Å². The summed E-state index contributed by atoms with van der Waals surface area (Å²) in [5.74, 6) is 0. The molecule has 0 atom stereocenters. The van der Waals surface area contributed by atoms with E-state index in [4.69, 9.17) is 0 Å². The Bertz CT molecular complexity index is 1610. The Morgan fingerprint density at radius 1 is 0.765 bits per heavy atom. The molecule has 0 radical (unpaired) electrons. The van der Waals surface area contributed by atoms with E-state index in [0.717, 1.165) is 24.3 Å². The van der Waals surface area contributed by atoms with Gasteiger partial charge in [0.05, 0.1) is 21.2 Å². The van der Waals surface area contributed by atoms with E-state index in [1.165, 1.54) is 24.3 Å². The fourth-order valence-electron chi connectivity index (χ4n) is 2.53. The summed E-state index contributed by atoms with van der Waals surface area (Å²) in [5.41, 5.74) is 2.05.